The van der Waals surface area contributed by atoms with Crippen molar-refractivity contribution in [3.8, 4) is 0 Å². The molecule has 2 amide bonds. The third-order valence-electron chi connectivity index (χ3n) is 4.90. The highest BCUT2D eigenvalue weighted by Crippen LogP contribution is 2.21. The van der Waals surface area contributed by atoms with Crippen molar-refractivity contribution in [1.29, 1.82) is 0 Å². The zero-order valence-electron chi connectivity index (χ0n) is 15.2. The minimum atomic E-state index is -0.150. The van der Waals surface area contributed by atoms with E-state index in [9.17, 15) is 9.59 Å². The summed E-state index contributed by atoms with van der Waals surface area (Å²) in [5.41, 5.74) is 2.15. The second-order valence-electron chi connectivity index (χ2n) is 6.75. The Kier molecular flexibility index (Phi) is 6.02. The van der Waals surface area contributed by atoms with E-state index >= 15 is 0 Å². The SMILES string of the molecule is CC(=O)N1CC[NH+](CC(=O)NC(c2ccccc2)c2ccccc2)CC1. The molecule has 5 nitrogen and oxygen atoms in total. The standard InChI is InChI=1S/C21H25N3O2/c1-17(25)24-14-12-23(13-15-24)16-20(26)22-21(18-8-4-2-5-9-18)19-10-6-3-7-11-19/h2-11,21H,12-16H2,1H3,(H,22,26)/p+1. The number of rotatable bonds is 5. The van der Waals surface area contributed by atoms with Crippen molar-refractivity contribution in [1.82, 2.24) is 10.2 Å². The summed E-state index contributed by atoms with van der Waals surface area (Å²) in [6.07, 6.45) is 0. The molecule has 2 aromatic rings. The van der Waals surface area contributed by atoms with Gasteiger partial charge in [0, 0.05) is 6.92 Å². The molecular weight excluding hydrogens is 326 g/mol. The minimum absolute atomic E-state index is 0.0361. The molecule has 1 heterocycles. The first-order chi connectivity index (χ1) is 12.6. The van der Waals surface area contributed by atoms with Gasteiger partial charge >= 0.3 is 0 Å². The van der Waals surface area contributed by atoms with Gasteiger partial charge < -0.3 is 15.1 Å². The van der Waals surface area contributed by atoms with Gasteiger partial charge in [-0.3, -0.25) is 9.59 Å². The molecule has 0 spiro atoms. The number of quaternary nitrogens is 1. The summed E-state index contributed by atoms with van der Waals surface area (Å²) in [5.74, 6) is 0.149. The van der Waals surface area contributed by atoms with Crippen LogP contribution in [-0.4, -0.2) is 49.4 Å². The first kappa shape index (κ1) is 18.1. The Morgan fingerprint density at radius 3 is 1.92 bits per heavy atom. The summed E-state index contributed by atoms with van der Waals surface area (Å²) in [5, 5.41) is 3.19. The Bertz CT molecular complexity index is 686. The number of benzene rings is 2. The molecule has 3 rings (SSSR count). The average Bonchev–Trinajstić information content (AvgIpc) is 2.68. The predicted molar refractivity (Wildman–Crippen MR) is 101 cm³/mol. The Morgan fingerprint density at radius 1 is 0.962 bits per heavy atom. The van der Waals surface area contributed by atoms with Crippen molar-refractivity contribution in [2.24, 2.45) is 0 Å². The number of nitrogens with one attached hydrogen (secondary N) is 2. The van der Waals surface area contributed by atoms with Crippen molar-refractivity contribution in [3.63, 3.8) is 0 Å². The molecule has 0 aromatic heterocycles. The summed E-state index contributed by atoms with van der Waals surface area (Å²) in [4.78, 5) is 27.2. The van der Waals surface area contributed by atoms with Crippen LogP contribution in [0.5, 0.6) is 0 Å². The Hall–Kier alpha value is -2.66. The largest absolute Gasteiger partial charge is 0.340 e. The highest BCUT2D eigenvalue weighted by Gasteiger charge is 2.25. The van der Waals surface area contributed by atoms with Gasteiger partial charge in [-0.25, -0.2) is 0 Å². The van der Waals surface area contributed by atoms with Crippen LogP contribution < -0.4 is 10.2 Å². The molecule has 136 valence electrons. The summed E-state index contributed by atoms with van der Waals surface area (Å²) in [6.45, 7) is 5.10. The Morgan fingerprint density at radius 2 is 1.46 bits per heavy atom. The van der Waals surface area contributed by atoms with Gasteiger partial charge in [0.2, 0.25) is 5.91 Å². The smallest absolute Gasteiger partial charge is 0.275 e. The van der Waals surface area contributed by atoms with Crippen LogP contribution in [0.4, 0.5) is 0 Å². The highest BCUT2D eigenvalue weighted by atomic mass is 16.2. The zero-order valence-corrected chi connectivity index (χ0v) is 15.2. The average molecular weight is 352 g/mol. The molecule has 1 saturated heterocycles. The van der Waals surface area contributed by atoms with Gasteiger partial charge in [-0.1, -0.05) is 60.7 Å². The van der Waals surface area contributed by atoms with Crippen LogP contribution in [0.2, 0.25) is 0 Å². The lowest BCUT2D eigenvalue weighted by Gasteiger charge is -2.31. The van der Waals surface area contributed by atoms with Gasteiger partial charge in [0.1, 0.15) is 0 Å². The fraction of sp³-hybridized carbons (Fsp3) is 0.333. The number of piperazine rings is 1. The molecule has 0 saturated carbocycles. The maximum atomic E-state index is 12.7. The molecule has 1 fully saturated rings. The van der Waals surface area contributed by atoms with Crippen LogP contribution >= 0.6 is 0 Å². The quantitative estimate of drug-likeness (QED) is 0.830. The monoisotopic (exact) mass is 352 g/mol. The zero-order chi connectivity index (χ0) is 18.4. The molecule has 2 aromatic carbocycles. The van der Waals surface area contributed by atoms with E-state index in [1.807, 2.05) is 65.6 Å². The third-order valence-corrected chi connectivity index (χ3v) is 4.90. The van der Waals surface area contributed by atoms with Gasteiger partial charge in [0.05, 0.1) is 32.2 Å². The molecule has 0 radical (unpaired) electrons. The van der Waals surface area contributed by atoms with E-state index in [1.165, 1.54) is 4.90 Å². The van der Waals surface area contributed by atoms with Crippen LogP contribution in [-0.2, 0) is 9.59 Å². The number of carbonyl (C=O) groups is 2. The normalized spacial score (nSPS) is 15.1. The lowest BCUT2D eigenvalue weighted by atomic mass is 9.99. The summed E-state index contributed by atoms with van der Waals surface area (Å²) >= 11 is 0. The van der Waals surface area contributed by atoms with Crippen LogP contribution in [0.3, 0.4) is 0 Å². The van der Waals surface area contributed by atoms with E-state index in [4.69, 9.17) is 0 Å². The number of hydrogen-bond donors (Lipinski definition) is 2. The van der Waals surface area contributed by atoms with Crippen LogP contribution in [0, 0.1) is 0 Å². The van der Waals surface area contributed by atoms with Gasteiger partial charge in [0.25, 0.3) is 5.91 Å². The van der Waals surface area contributed by atoms with Crippen LogP contribution in [0.25, 0.3) is 0 Å². The van der Waals surface area contributed by atoms with Gasteiger partial charge in [-0.15, -0.1) is 0 Å². The molecule has 2 N–H and O–H groups in total. The molecule has 26 heavy (non-hydrogen) atoms. The Balaban J connectivity index is 1.64. The van der Waals surface area contributed by atoms with E-state index in [0.29, 0.717) is 6.54 Å². The predicted octanol–water partition coefficient (Wildman–Crippen LogP) is 0.639. The van der Waals surface area contributed by atoms with Crippen LogP contribution in [0.1, 0.15) is 24.1 Å². The van der Waals surface area contributed by atoms with Crippen molar-refractivity contribution in [2.75, 3.05) is 32.7 Å². The number of amides is 2. The summed E-state index contributed by atoms with van der Waals surface area (Å²) < 4.78 is 0. The lowest BCUT2D eigenvalue weighted by molar-refractivity contribution is -0.896. The fourth-order valence-electron chi connectivity index (χ4n) is 3.40. The molecule has 0 unspecified atom stereocenters. The van der Waals surface area contributed by atoms with E-state index in [1.54, 1.807) is 6.92 Å². The van der Waals surface area contributed by atoms with Gasteiger partial charge in [-0.05, 0) is 11.1 Å². The van der Waals surface area contributed by atoms with Crippen molar-refractivity contribution in [3.05, 3.63) is 71.8 Å². The summed E-state index contributed by atoms with van der Waals surface area (Å²) in [7, 11) is 0. The minimum Gasteiger partial charge on any atom is -0.340 e. The maximum absolute atomic E-state index is 12.7. The number of carbonyl (C=O) groups excluding carboxylic acids is 2. The van der Waals surface area contributed by atoms with Crippen LogP contribution in [0.15, 0.2) is 60.7 Å². The number of hydrogen-bond acceptors (Lipinski definition) is 2. The third kappa shape index (κ3) is 4.70. The van der Waals surface area contributed by atoms with E-state index in [2.05, 4.69) is 5.32 Å². The second-order valence-corrected chi connectivity index (χ2v) is 6.75. The molecule has 5 heteroatoms. The van der Waals surface area contributed by atoms with E-state index in [-0.39, 0.29) is 17.9 Å². The molecule has 1 aliphatic rings. The number of nitrogens with zero attached hydrogens (tertiary/aromatic N) is 1. The van der Waals surface area contributed by atoms with Gasteiger partial charge in [-0.2, -0.15) is 0 Å². The molecule has 0 bridgehead atoms. The first-order valence-corrected chi connectivity index (χ1v) is 9.12. The Labute approximate surface area is 154 Å². The highest BCUT2D eigenvalue weighted by molar-refractivity contribution is 5.78. The molecule has 0 atom stereocenters. The topological polar surface area (TPSA) is 53.9 Å². The molecular formula is C21H26N3O2+. The van der Waals surface area contributed by atoms with Crippen molar-refractivity contribution < 1.29 is 14.5 Å². The van der Waals surface area contributed by atoms with Crippen molar-refractivity contribution in [2.45, 2.75) is 13.0 Å². The molecule has 1 aliphatic heterocycles. The summed E-state index contributed by atoms with van der Waals surface area (Å²) in [6, 6.07) is 19.9. The fourth-order valence-corrected chi connectivity index (χ4v) is 3.40. The van der Waals surface area contributed by atoms with Gasteiger partial charge in [0.15, 0.2) is 6.54 Å². The molecule has 0 aliphatic carbocycles. The van der Waals surface area contributed by atoms with E-state index < -0.39 is 0 Å². The maximum Gasteiger partial charge on any atom is 0.275 e. The van der Waals surface area contributed by atoms with E-state index in [0.717, 1.165) is 37.3 Å². The lowest BCUT2D eigenvalue weighted by Crippen LogP contribution is -3.15. The second kappa shape index (κ2) is 8.63. The first-order valence-electron chi connectivity index (χ1n) is 9.12. The van der Waals surface area contributed by atoms with Crippen molar-refractivity contribution >= 4 is 11.8 Å².